The molecule has 1 heterocycles. The first-order valence-electron chi connectivity index (χ1n) is 5.00. The van der Waals surface area contributed by atoms with Crippen molar-refractivity contribution in [2.45, 2.75) is 13.0 Å². The molecule has 1 atom stereocenters. The van der Waals surface area contributed by atoms with Crippen LogP contribution in [0, 0.1) is 0 Å². The minimum atomic E-state index is -0.0676. The highest BCUT2D eigenvalue weighted by molar-refractivity contribution is 5.45. The van der Waals surface area contributed by atoms with Crippen LogP contribution in [0.4, 0.5) is 0 Å². The maximum absolute atomic E-state index is 9.24. The van der Waals surface area contributed by atoms with Crippen LogP contribution in [0.25, 0.3) is 0 Å². The van der Waals surface area contributed by atoms with Crippen molar-refractivity contribution in [3.63, 3.8) is 0 Å². The largest absolute Gasteiger partial charge is 0.508 e. The Morgan fingerprint density at radius 3 is 3.13 bits per heavy atom. The van der Waals surface area contributed by atoms with Gasteiger partial charge in [0, 0.05) is 12.7 Å². The zero-order valence-corrected chi connectivity index (χ0v) is 8.60. The van der Waals surface area contributed by atoms with Crippen LogP contribution < -0.4 is 9.47 Å². The number of benzene rings is 1. The zero-order valence-electron chi connectivity index (χ0n) is 8.60. The Kier molecular flexibility index (Phi) is 2.97. The molecule has 1 aliphatic heterocycles. The normalized spacial score (nSPS) is 18.9. The van der Waals surface area contributed by atoms with E-state index < -0.39 is 0 Å². The van der Waals surface area contributed by atoms with Gasteiger partial charge in [-0.1, -0.05) is 0 Å². The highest BCUT2D eigenvalue weighted by Gasteiger charge is 2.21. The van der Waals surface area contributed by atoms with E-state index in [-0.39, 0.29) is 11.9 Å². The van der Waals surface area contributed by atoms with E-state index in [1.807, 2.05) is 6.92 Å². The molecule has 82 valence electrons. The summed E-state index contributed by atoms with van der Waals surface area (Å²) < 4.78 is 16.3. The molecule has 1 N–H and O–H groups in total. The van der Waals surface area contributed by atoms with E-state index in [4.69, 9.17) is 14.2 Å². The average molecular weight is 210 g/mol. The first kappa shape index (κ1) is 10.1. The molecule has 0 aromatic heterocycles. The number of phenols is 1. The molecule has 1 aromatic carbocycles. The van der Waals surface area contributed by atoms with Crippen molar-refractivity contribution in [1.29, 1.82) is 0 Å². The van der Waals surface area contributed by atoms with Crippen LogP contribution in [0.5, 0.6) is 17.2 Å². The predicted octanol–water partition coefficient (Wildman–Crippen LogP) is 1.57. The molecule has 0 amide bonds. The number of rotatable bonds is 3. The summed E-state index contributed by atoms with van der Waals surface area (Å²) in [6.45, 7) is 3.59. The number of aromatic hydroxyl groups is 1. The van der Waals surface area contributed by atoms with Crippen molar-refractivity contribution < 1.29 is 19.3 Å². The lowest BCUT2D eigenvalue weighted by Gasteiger charge is -2.26. The summed E-state index contributed by atoms with van der Waals surface area (Å²) >= 11 is 0. The van der Waals surface area contributed by atoms with Gasteiger partial charge >= 0.3 is 0 Å². The van der Waals surface area contributed by atoms with E-state index in [1.54, 1.807) is 18.2 Å². The van der Waals surface area contributed by atoms with Crippen molar-refractivity contribution in [2.24, 2.45) is 0 Å². The third-order valence-corrected chi connectivity index (χ3v) is 2.15. The number of hydrogen-bond acceptors (Lipinski definition) is 4. The van der Waals surface area contributed by atoms with Gasteiger partial charge in [-0.15, -0.1) is 0 Å². The van der Waals surface area contributed by atoms with Gasteiger partial charge in [-0.3, -0.25) is 0 Å². The standard InChI is InChI=1S/C11H14O4/c1-2-13-6-9-7-14-11-5-8(12)3-4-10(11)15-9/h3-5,9,12H,2,6-7H2,1H3/t9-/m1/s1. The van der Waals surface area contributed by atoms with Crippen molar-refractivity contribution in [2.75, 3.05) is 19.8 Å². The van der Waals surface area contributed by atoms with Gasteiger partial charge in [-0.05, 0) is 19.1 Å². The topological polar surface area (TPSA) is 47.9 Å². The highest BCUT2D eigenvalue weighted by Crippen LogP contribution is 2.34. The second-order valence-corrected chi connectivity index (χ2v) is 3.34. The minimum Gasteiger partial charge on any atom is -0.508 e. The van der Waals surface area contributed by atoms with E-state index in [9.17, 15) is 5.11 Å². The molecule has 0 saturated carbocycles. The van der Waals surface area contributed by atoms with Crippen LogP contribution in [-0.4, -0.2) is 31.0 Å². The van der Waals surface area contributed by atoms with Crippen LogP contribution in [0.15, 0.2) is 18.2 Å². The predicted molar refractivity (Wildman–Crippen MR) is 54.5 cm³/mol. The van der Waals surface area contributed by atoms with Gasteiger partial charge in [0.25, 0.3) is 0 Å². The van der Waals surface area contributed by atoms with Gasteiger partial charge in [-0.2, -0.15) is 0 Å². The number of hydrogen-bond donors (Lipinski definition) is 1. The van der Waals surface area contributed by atoms with Gasteiger partial charge < -0.3 is 19.3 Å². The van der Waals surface area contributed by atoms with Gasteiger partial charge in [0.1, 0.15) is 12.4 Å². The summed E-state index contributed by atoms with van der Waals surface area (Å²) in [4.78, 5) is 0. The van der Waals surface area contributed by atoms with Crippen molar-refractivity contribution >= 4 is 0 Å². The zero-order chi connectivity index (χ0) is 10.7. The third-order valence-electron chi connectivity index (χ3n) is 2.15. The monoisotopic (exact) mass is 210 g/mol. The molecule has 15 heavy (non-hydrogen) atoms. The second kappa shape index (κ2) is 4.40. The van der Waals surface area contributed by atoms with Gasteiger partial charge in [0.15, 0.2) is 17.6 Å². The summed E-state index contributed by atoms with van der Waals surface area (Å²) in [7, 11) is 0. The van der Waals surface area contributed by atoms with Gasteiger partial charge in [0.2, 0.25) is 0 Å². The average Bonchev–Trinajstić information content (AvgIpc) is 2.26. The molecule has 0 fully saturated rings. The number of fused-ring (bicyclic) bond motifs is 1. The molecular weight excluding hydrogens is 196 g/mol. The van der Waals surface area contributed by atoms with Crippen molar-refractivity contribution in [3.05, 3.63) is 18.2 Å². The summed E-state index contributed by atoms with van der Waals surface area (Å²) in [5.41, 5.74) is 0. The molecule has 1 aromatic rings. The lowest BCUT2D eigenvalue weighted by Crippen LogP contribution is -2.33. The Morgan fingerprint density at radius 1 is 1.47 bits per heavy atom. The third kappa shape index (κ3) is 2.33. The van der Waals surface area contributed by atoms with E-state index in [0.717, 1.165) is 0 Å². The fourth-order valence-electron chi connectivity index (χ4n) is 1.43. The van der Waals surface area contributed by atoms with E-state index in [0.29, 0.717) is 31.3 Å². The Bertz CT molecular complexity index is 337. The molecule has 4 heteroatoms. The summed E-state index contributed by atoms with van der Waals surface area (Å²) in [5, 5.41) is 9.24. The molecule has 0 saturated heterocycles. The second-order valence-electron chi connectivity index (χ2n) is 3.34. The maximum Gasteiger partial charge on any atom is 0.165 e. The molecule has 2 rings (SSSR count). The molecule has 0 aliphatic carbocycles. The van der Waals surface area contributed by atoms with Crippen LogP contribution in [0.3, 0.4) is 0 Å². The van der Waals surface area contributed by atoms with E-state index in [1.165, 1.54) is 0 Å². The van der Waals surface area contributed by atoms with Gasteiger partial charge in [0.05, 0.1) is 6.61 Å². The summed E-state index contributed by atoms with van der Waals surface area (Å²) in [6, 6.07) is 4.82. The Labute approximate surface area is 88.4 Å². The number of phenolic OH excluding ortho intramolecular Hbond substituents is 1. The first-order chi connectivity index (χ1) is 7.29. The molecule has 0 unspecified atom stereocenters. The molecular formula is C11H14O4. The van der Waals surface area contributed by atoms with Crippen LogP contribution in [0.1, 0.15) is 6.92 Å². The summed E-state index contributed by atoms with van der Waals surface area (Å²) in [5.74, 6) is 1.42. The highest BCUT2D eigenvalue weighted by atomic mass is 16.6. The smallest absolute Gasteiger partial charge is 0.165 e. The summed E-state index contributed by atoms with van der Waals surface area (Å²) in [6.07, 6.45) is -0.0676. The van der Waals surface area contributed by atoms with Crippen LogP contribution in [-0.2, 0) is 4.74 Å². The number of ether oxygens (including phenoxy) is 3. The first-order valence-corrected chi connectivity index (χ1v) is 5.00. The van der Waals surface area contributed by atoms with E-state index >= 15 is 0 Å². The lowest BCUT2D eigenvalue weighted by molar-refractivity contribution is 0.0126. The molecule has 0 radical (unpaired) electrons. The Balaban J connectivity index is 2.03. The Morgan fingerprint density at radius 2 is 2.33 bits per heavy atom. The fraction of sp³-hybridized carbons (Fsp3) is 0.455. The minimum absolute atomic E-state index is 0.0676. The van der Waals surface area contributed by atoms with E-state index in [2.05, 4.69) is 0 Å². The van der Waals surface area contributed by atoms with Crippen LogP contribution in [0.2, 0.25) is 0 Å². The molecule has 0 spiro atoms. The fourth-order valence-corrected chi connectivity index (χ4v) is 1.43. The maximum atomic E-state index is 9.24. The van der Waals surface area contributed by atoms with Crippen LogP contribution >= 0.6 is 0 Å². The molecule has 0 bridgehead atoms. The SMILES string of the molecule is CCOC[C@@H]1COc2cc(O)ccc2O1. The molecule has 4 nitrogen and oxygen atoms in total. The lowest BCUT2D eigenvalue weighted by atomic mass is 10.2. The quantitative estimate of drug-likeness (QED) is 0.822. The van der Waals surface area contributed by atoms with Crippen molar-refractivity contribution in [1.82, 2.24) is 0 Å². The molecule has 1 aliphatic rings. The van der Waals surface area contributed by atoms with Gasteiger partial charge in [-0.25, -0.2) is 0 Å². The Hall–Kier alpha value is -1.42. The van der Waals surface area contributed by atoms with Crippen molar-refractivity contribution in [3.8, 4) is 17.2 Å².